The van der Waals surface area contributed by atoms with E-state index in [4.69, 9.17) is 0 Å². The first-order chi connectivity index (χ1) is 9.41. The molecule has 0 nitrogen and oxygen atoms in total. The van der Waals surface area contributed by atoms with E-state index in [1.54, 1.807) is 0 Å². The minimum absolute atomic E-state index is 1.31. The van der Waals surface area contributed by atoms with Crippen LogP contribution in [0.5, 0.6) is 0 Å². The largest absolute Gasteiger partial charge is 0.0584 e. The predicted octanol–water partition coefficient (Wildman–Crippen LogP) is 5.71. The molecule has 20 heavy (non-hydrogen) atoms. The Morgan fingerprint density at radius 3 is 1.20 bits per heavy atom. The summed E-state index contributed by atoms with van der Waals surface area (Å²) in [5, 5.41) is 0. The molecular formula is C20H24. The molecule has 0 aliphatic heterocycles. The van der Waals surface area contributed by atoms with E-state index in [0.717, 1.165) is 0 Å². The van der Waals surface area contributed by atoms with Gasteiger partial charge in [0.1, 0.15) is 0 Å². The molecular weight excluding hydrogens is 240 g/mol. The highest BCUT2D eigenvalue weighted by Gasteiger charge is 2.03. The van der Waals surface area contributed by atoms with Gasteiger partial charge in [-0.05, 0) is 86.1 Å². The molecule has 0 heteroatoms. The van der Waals surface area contributed by atoms with Crippen LogP contribution in [-0.2, 0) is 0 Å². The summed E-state index contributed by atoms with van der Waals surface area (Å²) in [6, 6.07) is 8.83. The summed E-state index contributed by atoms with van der Waals surface area (Å²) < 4.78 is 0. The highest BCUT2D eigenvalue weighted by atomic mass is 14.1. The Kier molecular flexibility index (Phi) is 4.13. The molecule has 0 aromatic heterocycles. The van der Waals surface area contributed by atoms with Gasteiger partial charge in [-0.3, -0.25) is 0 Å². The SMILES string of the molecule is Cc1ccc(/C=C/c2ccc(C)c(C)c2C)c(C)c1C. The van der Waals surface area contributed by atoms with Crippen molar-refractivity contribution in [1.29, 1.82) is 0 Å². The van der Waals surface area contributed by atoms with Crippen molar-refractivity contribution in [1.82, 2.24) is 0 Å². The summed E-state index contributed by atoms with van der Waals surface area (Å²) in [6.07, 6.45) is 4.47. The lowest BCUT2D eigenvalue weighted by Crippen LogP contribution is -1.91. The fourth-order valence-electron chi connectivity index (χ4n) is 2.49. The van der Waals surface area contributed by atoms with E-state index in [2.05, 4.69) is 78.0 Å². The molecule has 0 radical (unpaired) electrons. The molecule has 0 N–H and O–H groups in total. The third kappa shape index (κ3) is 2.70. The first-order valence-corrected chi connectivity index (χ1v) is 7.23. The average Bonchev–Trinajstić information content (AvgIpc) is 2.43. The molecule has 2 rings (SSSR count). The van der Waals surface area contributed by atoms with Gasteiger partial charge in [-0.15, -0.1) is 0 Å². The van der Waals surface area contributed by atoms with Gasteiger partial charge in [0.2, 0.25) is 0 Å². The van der Waals surface area contributed by atoms with Gasteiger partial charge < -0.3 is 0 Å². The Labute approximate surface area is 123 Å². The standard InChI is InChI=1S/C20H24/c1-13-7-9-19(17(5)15(13)3)11-12-20-10-8-14(2)16(4)18(20)6/h7-12H,1-6H3/b12-11+. The Hall–Kier alpha value is -1.82. The van der Waals surface area contributed by atoms with Gasteiger partial charge in [0.25, 0.3) is 0 Å². The molecule has 0 aliphatic rings. The van der Waals surface area contributed by atoms with Crippen LogP contribution in [0.2, 0.25) is 0 Å². The molecule has 2 aromatic rings. The number of hydrogen-bond donors (Lipinski definition) is 0. The van der Waals surface area contributed by atoms with Crippen LogP contribution >= 0.6 is 0 Å². The number of aryl methyl sites for hydroxylation is 2. The maximum Gasteiger partial charge on any atom is -0.0224 e. The number of rotatable bonds is 2. The quantitative estimate of drug-likeness (QED) is 0.610. The second-order valence-corrected chi connectivity index (χ2v) is 5.78. The third-order valence-electron chi connectivity index (χ3n) is 4.64. The van der Waals surface area contributed by atoms with Crippen LogP contribution in [0.3, 0.4) is 0 Å². The van der Waals surface area contributed by atoms with Crippen molar-refractivity contribution in [2.45, 2.75) is 41.5 Å². The van der Waals surface area contributed by atoms with Crippen molar-refractivity contribution >= 4 is 12.2 Å². The summed E-state index contributed by atoms with van der Waals surface area (Å²) in [5.41, 5.74) is 10.9. The van der Waals surface area contributed by atoms with Crippen LogP contribution in [0.25, 0.3) is 12.2 Å². The highest BCUT2D eigenvalue weighted by Crippen LogP contribution is 2.22. The lowest BCUT2D eigenvalue weighted by molar-refractivity contribution is 1.25. The van der Waals surface area contributed by atoms with Crippen LogP contribution in [0, 0.1) is 41.5 Å². The van der Waals surface area contributed by atoms with Crippen molar-refractivity contribution in [2.24, 2.45) is 0 Å². The van der Waals surface area contributed by atoms with E-state index in [-0.39, 0.29) is 0 Å². The second-order valence-electron chi connectivity index (χ2n) is 5.78. The summed E-state index contributed by atoms with van der Waals surface area (Å²) >= 11 is 0. The zero-order chi connectivity index (χ0) is 14.9. The maximum absolute atomic E-state index is 2.24. The maximum atomic E-state index is 2.24. The molecule has 0 aliphatic carbocycles. The molecule has 2 aromatic carbocycles. The predicted molar refractivity (Wildman–Crippen MR) is 90.2 cm³/mol. The molecule has 0 saturated carbocycles. The van der Waals surface area contributed by atoms with E-state index in [1.807, 2.05) is 0 Å². The summed E-state index contributed by atoms with van der Waals surface area (Å²) in [6.45, 7) is 13.1. The lowest BCUT2D eigenvalue weighted by atomic mass is 9.96. The van der Waals surface area contributed by atoms with Gasteiger partial charge in [0.05, 0.1) is 0 Å². The van der Waals surface area contributed by atoms with E-state index in [1.165, 1.54) is 44.5 Å². The van der Waals surface area contributed by atoms with Gasteiger partial charge in [0.15, 0.2) is 0 Å². The van der Waals surface area contributed by atoms with Gasteiger partial charge >= 0.3 is 0 Å². The summed E-state index contributed by atoms with van der Waals surface area (Å²) in [4.78, 5) is 0. The van der Waals surface area contributed by atoms with Crippen molar-refractivity contribution in [3.8, 4) is 0 Å². The minimum atomic E-state index is 1.31. The van der Waals surface area contributed by atoms with Crippen molar-refractivity contribution in [3.05, 3.63) is 68.8 Å². The molecule has 0 saturated heterocycles. The summed E-state index contributed by atoms with van der Waals surface area (Å²) in [7, 11) is 0. The average molecular weight is 264 g/mol. The Balaban J connectivity index is 2.40. The zero-order valence-electron chi connectivity index (χ0n) is 13.5. The van der Waals surface area contributed by atoms with Gasteiger partial charge in [-0.25, -0.2) is 0 Å². The molecule has 0 heterocycles. The third-order valence-corrected chi connectivity index (χ3v) is 4.64. The van der Waals surface area contributed by atoms with Gasteiger partial charge in [-0.2, -0.15) is 0 Å². The summed E-state index contributed by atoms with van der Waals surface area (Å²) in [5.74, 6) is 0. The highest BCUT2D eigenvalue weighted by molar-refractivity contribution is 5.73. The molecule has 0 atom stereocenters. The molecule has 0 amide bonds. The van der Waals surface area contributed by atoms with Crippen molar-refractivity contribution < 1.29 is 0 Å². The first kappa shape index (κ1) is 14.6. The van der Waals surface area contributed by atoms with E-state index in [9.17, 15) is 0 Å². The molecule has 104 valence electrons. The minimum Gasteiger partial charge on any atom is -0.0584 e. The monoisotopic (exact) mass is 264 g/mol. The molecule has 0 bridgehead atoms. The zero-order valence-corrected chi connectivity index (χ0v) is 13.5. The van der Waals surface area contributed by atoms with Crippen molar-refractivity contribution in [3.63, 3.8) is 0 Å². The topological polar surface area (TPSA) is 0 Å². The van der Waals surface area contributed by atoms with E-state index in [0.29, 0.717) is 0 Å². The van der Waals surface area contributed by atoms with Crippen LogP contribution < -0.4 is 0 Å². The normalized spacial score (nSPS) is 11.3. The molecule has 0 fully saturated rings. The molecule has 0 spiro atoms. The van der Waals surface area contributed by atoms with E-state index < -0.39 is 0 Å². The van der Waals surface area contributed by atoms with Crippen LogP contribution in [0.1, 0.15) is 44.5 Å². The number of hydrogen-bond acceptors (Lipinski definition) is 0. The van der Waals surface area contributed by atoms with Crippen LogP contribution in [0.15, 0.2) is 24.3 Å². The van der Waals surface area contributed by atoms with Crippen LogP contribution in [-0.4, -0.2) is 0 Å². The fourth-order valence-corrected chi connectivity index (χ4v) is 2.49. The number of benzene rings is 2. The molecule has 0 unspecified atom stereocenters. The Morgan fingerprint density at radius 2 is 0.850 bits per heavy atom. The van der Waals surface area contributed by atoms with E-state index >= 15 is 0 Å². The Morgan fingerprint density at radius 1 is 0.500 bits per heavy atom. The van der Waals surface area contributed by atoms with Gasteiger partial charge in [0, 0.05) is 0 Å². The van der Waals surface area contributed by atoms with Gasteiger partial charge in [-0.1, -0.05) is 36.4 Å². The second kappa shape index (κ2) is 5.66. The van der Waals surface area contributed by atoms with Crippen LogP contribution in [0.4, 0.5) is 0 Å². The Bertz CT molecular complexity index is 613. The smallest absolute Gasteiger partial charge is 0.0224 e. The fraction of sp³-hybridized carbons (Fsp3) is 0.300. The first-order valence-electron chi connectivity index (χ1n) is 7.23. The van der Waals surface area contributed by atoms with Crippen molar-refractivity contribution in [2.75, 3.05) is 0 Å². The lowest BCUT2D eigenvalue weighted by Gasteiger charge is -2.10.